The number of nitrogens with one attached hydrogen (secondary N) is 13. The molecular weight excluding hydrogens is 1320 g/mol. The Kier molecular flexibility index (Phi) is 40.0. The van der Waals surface area contributed by atoms with Crippen LogP contribution < -0.4 is 75.3 Å². The summed E-state index contributed by atoms with van der Waals surface area (Å²) >= 11 is 0.954. The first-order chi connectivity index (χ1) is 46.0. The van der Waals surface area contributed by atoms with E-state index in [0.717, 1.165) is 50.4 Å². The summed E-state index contributed by atoms with van der Waals surface area (Å²) in [7, 11) is 2.07. The highest BCUT2D eigenvalue weighted by atomic mass is 33.1. The number of carboxylic acids is 1. The lowest BCUT2D eigenvalue weighted by molar-refractivity contribution is -0.139. The van der Waals surface area contributed by atoms with Crippen LogP contribution in [-0.2, 0) is 73.3 Å². The van der Waals surface area contributed by atoms with E-state index in [4.69, 9.17) is 35.8 Å². The summed E-state index contributed by atoms with van der Waals surface area (Å²) in [5, 5.41) is 109. The Morgan fingerprint density at radius 1 is 0.625 bits per heavy atom. The van der Waals surface area contributed by atoms with Crippen LogP contribution in [0.1, 0.15) is 50.5 Å². The van der Waals surface area contributed by atoms with Crippen molar-refractivity contribution in [3.8, 4) is 0 Å². The number of guanidine groups is 1. The molecule has 0 saturated carbocycles. The van der Waals surface area contributed by atoms with Crippen molar-refractivity contribution in [2.75, 3.05) is 115 Å². The van der Waals surface area contributed by atoms with Crippen LogP contribution >= 0.6 is 33.3 Å². The Balaban J connectivity index is 1.61. The summed E-state index contributed by atoms with van der Waals surface area (Å²) in [6.07, 6.45) is -6.53. The van der Waals surface area contributed by atoms with Crippen molar-refractivity contribution in [2.24, 2.45) is 11.5 Å². The molecular formula is C57H94N16O20S3. The molecule has 3 aliphatic heterocycles. The lowest BCUT2D eigenvalue weighted by Gasteiger charge is -2.35. The van der Waals surface area contributed by atoms with Gasteiger partial charge in [-0.2, -0.15) is 0 Å². The molecule has 0 spiro atoms. The van der Waals surface area contributed by atoms with Gasteiger partial charge in [-0.05, 0) is 44.1 Å². The number of rotatable bonds is 33. The molecule has 540 valence electrons. The van der Waals surface area contributed by atoms with Crippen LogP contribution in [0.5, 0.6) is 0 Å². The van der Waals surface area contributed by atoms with Crippen LogP contribution in [0.4, 0.5) is 0 Å². The number of fused-ring (bicyclic) bond motifs is 5. The molecule has 2 fully saturated rings. The number of carbonyl (C=O) groups excluding carboxylic acids is 9. The van der Waals surface area contributed by atoms with Gasteiger partial charge in [-0.25, -0.2) is 0 Å². The highest BCUT2D eigenvalue weighted by Crippen LogP contribution is 2.25. The summed E-state index contributed by atoms with van der Waals surface area (Å²) in [4.78, 5) is 130. The molecule has 0 aromatic heterocycles. The number of carboxylic acid groups (broad SMARTS) is 1. The van der Waals surface area contributed by atoms with Gasteiger partial charge in [-0.3, -0.25) is 84.8 Å². The van der Waals surface area contributed by atoms with Crippen LogP contribution in [0.15, 0.2) is 42.5 Å². The van der Waals surface area contributed by atoms with Gasteiger partial charge < -0.3 is 98.3 Å². The van der Waals surface area contributed by atoms with Crippen molar-refractivity contribution in [1.82, 2.24) is 68.7 Å². The van der Waals surface area contributed by atoms with Crippen LogP contribution in [-0.4, -0.2) is 289 Å². The number of ether oxygens (including phenoxy) is 4. The molecule has 9 amide bonds. The number of benzene rings is 1. The third kappa shape index (κ3) is 34.2. The van der Waals surface area contributed by atoms with Crippen LogP contribution in [0, 0.1) is 5.41 Å². The van der Waals surface area contributed by atoms with E-state index in [1.165, 1.54) is 0 Å². The molecule has 3 heterocycles. The Morgan fingerprint density at radius 2 is 1.27 bits per heavy atom. The Bertz CT molecular complexity index is 2640. The minimum absolute atomic E-state index is 0.0116. The predicted molar refractivity (Wildman–Crippen MR) is 351 cm³/mol. The zero-order valence-corrected chi connectivity index (χ0v) is 55.5. The number of carbonyl (C=O) groups is 10. The maximum Gasteiger partial charge on any atom is 0.305 e. The Labute approximate surface area is 567 Å². The van der Waals surface area contributed by atoms with Crippen molar-refractivity contribution >= 4 is 98.4 Å². The summed E-state index contributed by atoms with van der Waals surface area (Å²) in [6, 6.07) is -0.243. The number of nitrogens with zero attached hydrogens (tertiary/aromatic N) is 1. The third-order valence-electron chi connectivity index (χ3n) is 14.3. The molecule has 96 heavy (non-hydrogen) atoms. The number of nitrogens with two attached hydrogens (primary N) is 2. The number of aliphatic carboxylic acids is 1. The first kappa shape index (κ1) is 82.0. The summed E-state index contributed by atoms with van der Waals surface area (Å²) in [5.74, 6) is -8.26. The Hall–Kier alpha value is -6.38. The van der Waals surface area contributed by atoms with Crippen LogP contribution in [0.2, 0.25) is 0 Å². The van der Waals surface area contributed by atoms with E-state index in [1.54, 1.807) is 30.3 Å². The molecule has 0 radical (unpaired) electrons. The van der Waals surface area contributed by atoms with Crippen molar-refractivity contribution in [2.45, 2.75) is 125 Å². The SMILES string of the molecule is N=C(N)NCCC[C@@H]1NC(=O)[C@@H]2CSSC[C@H](N[C@H](O)[C@H](CC(=O)O)N[C@@H](O)CN[C@@H]1O)[C@H](O)N[C@@H](Cc1ccccc1)[C@@H](O)N[C@H](C(=O)NCCOCCOCCOCCNC(=O)COCC(N)=O)CSCC(=O)N[C@@H](CCCCNC(=O)CCN1C(=O)C=CC1=O)C(=O)N2. The number of aliphatic hydroxyl groups is 5. The first-order valence-electron chi connectivity index (χ1n) is 31.2. The third-order valence-corrected chi connectivity index (χ3v) is 17.8. The predicted octanol–water partition coefficient (Wildman–Crippen LogP) is -8.04. The molecule has 39 heteroatoms. The van der Waals surface area contributed by atoms with Gasteiger partial charge in [-0.15, -0.1) is 11.8 Å². The van der Waals surface area contributed by atoms with E-state index in [9.17, 15) is 78.6 Å². The maximum absolute atomic E-state index is 14.6. The minimum Gasteiger partial charge on any atom is -0.481 e. The van der Waals surface area contributed by atoms with Crippen molar-refractivity contribution in [1.29, 1.82) is 5.41 Å². The van der Waals surface area contributed by atoms with Gasteiger partial charge in [0.1, 0.15) is 56.4 Å². The molecule has 3 aliphatic rings. The van der Waals surface area contributed by atoms with Gasteiger partial charge in [0, 0.05) is 75.1 Å². The summed E-state index contributed by atoms with van der Waals surface area (Å²) in [5.41, 5.74) is 11.1. The average Bonchev–Trinajstić information content (AvgIpc) is 1.20. The highest BCUT2D eigenvalue weighted by molar-refractivity contribution is 8.76. The first-order valence-corrected chi connectivity index (χ1v) is 34.8. The highest BCUT2D eigenvalue weighted by Gasteiger charge is 2.36. The largest absolute Gasteiger partial charge is 0.481 e. The molecule has 0 unspecified atom stereocenters. The number of imide groups is 1. The zero-order valence-electron chi connectivity index (χ0n) is 53.1. The maximum atomic E-state index is 14.6. The van der Waals surface area contributed by atoms with Crippen molar-refractivity contribution in [3.63, 3.8) is 0 Å². The standard InChI is InChI=1S/C57H94N16O20S3/c58-42(74)28-93-29-45(77)62-16-19-90-21-23-92-24-22-91-20-17-63-51(84)39-30-94-33-46(78)66-36(9-4-5-14-61-43(75)13-18-73-47(79)11-12-48(73)80)52(85)71-40-31-95-96-32-41(56(89)69-37(53(86)70-39)25-34-7-2-1-3-8-34)72-54(87)38(26-49(81)82)67-44(76)27-65-50(83)35(68-55(40)88)10-6-15-64-57(59)60/h1-3,7-8,11-12,35-41,44,50,53-54,56,65,67,69-70,72,76,83,86-87,89H,4-6,9-10,13-33H2,(H2,58,74)(H,61,75)(H,62,77)(H,63,84)(H,66,78)(H,68,88)(H,71,85)(H,81,82)(H4,59,60,64)/t35-,36-,37-,38-,39-,40-,41-,44-,50+,53+,54+,56-/m0/s1. The van der Waals surface area contributed by atoms with E-state index in [0.29, 0.717) is 5.56 Å². The summed E-state index contributed by atoms with van der Waals surface area (Å²) in [6.45, 7) is -0.0802. The monoisotopic (exact) mass is 1420 g/mol. The fourth-order valence-corrected chi connectivity index (χ4v) is 12.7. The molecule has 12 atom stereocenters. The van der Waals surface area contributed by atoms with Crippen LogP contribution in [0.3, 0.4) is 0 Å². The number of hydrogen-bond donors (Lipinski definition) is 21. The van der Waals surface area contributed by atoms with Gasteiger partial charge in [0.05, 0.1) is 82.0 Å². The summed E-state index contributed by atoms with van der Waals surface area (Å²) < 4.78 is 21.5. The smallest absolute Gasteiger partial charge is 0.305 e. The van der Waals surface area contributed by atoms with Gasteiger partial charge in [-0.1, -0.05) is 51.9 Å². The van der Waals surface area contributed by atoms with E-state index in [1.807, 2.05) is 0 Å². The molecule has 2 saturated heterocycles. The van der Waals surface area contributed by atoms with Crippen molar-refractivity contribution in [3.05, 3.63) is 48.0 Å². The van der Waals surface area contributed by atoms with Gasteiger partial charge in [0.2, 0.25) is 41.4 Å². The number of unbranched alkanes of at least 4 members (excludes halogenated alkanes) is 1. The number of amides is 9. The fourth-order valence-electron chi connectivity index (χ4n) is 9.41. The number of aliphatic hydroxyl groups excluding tert-OH is 5. The number of thioether (sulfide) groups is 1. The molecule has 4 rings (SSSR count). The second-order valence-corrected chi connectivity index (χ2v) is 25.7. The number of hydrogen-bond acceptors (Lipinski definition) is 28. The lowest BCUT2D eigenvalue weighted by atomic mass is 10.0. The van der Waals surface area contributed by atoms with E-state index < -0.39 is 146 Å². The lowest BCUT2D eigenvalue weighted by Crippen LogP contribution is -2.64. The topological polar surface area (TPSA) is 552 Å². The van der Waals surface area contributed by atoms with E-state index in [2.05, 4.69) is 63.8 Å². The van der Waals surface area contributed by atoms with Crippen molar-refractivity contribution < 1.29 is 97.5 Å². The molecule has 2 bridgehead atoms. The molecule has 1 aromatic rings. The minimum atomic E-state index is -1.83. The van der Waals surface area contributed by atoms with E-state index >= 15 is 0 Å². The quantitative estimate of drug-likeness (QED) is 0.0102. The number of β-amino-alcohol motifs (C(OH)–C–C–N with tert-alkyl or cyclic N) is 1. The average molecular weight is 1420 g/mol. The zero-order chi connectivity index (χ0) is 70.2. The fraction of sp³-hybridized carbons (Fsp3) is 0.667. The second kappa shape index (κ2) is 46.8. The molecule has 36 nitrogen and oxygen atoms in total. The van der Waals surface area contributed by atoms with Gasteiger partial charge >= 0.3 is 5.97 Å². The second-order valence-electron chi connectivity index (χ2n) is 22.1. The van der Waals surface area contributed by atoms with E-state index in [-0.39, 0.29) is 159 Å². The molecule has 0 aliphatic carbocycles. The van der Waals surface area contributed by atoms with Crippen LogP contribution in [0.25, 0.3) is 0 Å². The number of primary amides is 1. The molecule has 1 aromatic carbocycles. The van der Waals surface area contributed by atoms with Gasteiger partial charge in [0.25, 0.3) is 11.8 Å². The Morgan fingerprint density at radius 3 is 1.95 bits per heavy atom. The molecule has 23 N–H and O–H groups in total. The van der Waals surface area contributed by atoms with Gasteiger partial charge in [0.15, 0.2) is 5.96 Å². The normalized spacial score (nSPS) is 25.5.